The van der Waals surface area contributed by atoms with Gasteiger partial charge in [0.25, 0.3) is 0 Å². The maximum Gasteiger partial charge on any atom is 0.0727 e. The van der Waals surface area contributed by atoms with E-state index in [0.717, 1.165) is 67.4 Å². The summed E-state index contributed by atoms with van der Waals surface area (Å²) in [5, 5.41) is 0. The first-order valence-electron chi connectivity index (χ1n) is 25.9. The zero-order valence-corrected chi connectivity index (χ0v) is 37.6. The number of anilines is 6. The van der Waals surface area contributed by atoms with Gasteiger partial charge in [0.15, 0.2) is 0 Å². The van der Waals surface area contributed by atoms with E-state index >= 15 is 0 Å². The fraction of sp³-hybridized carbons (Fsp3) is 0.0149. The predicted molar refractivity (Wildman–Crippen MR) is 288 cm³/mol. The number of nitrogens with zero attached hydrogens (tertiary/aromatic N) is 2. The Balaban J connectivity index is 1.11. The first kappa shape index (κ1) is 35.2. The van der Waals surface area contributed by atoms with Gasteiger partial charge < -0.3 is 9.80 Å². The van der Waals surface area contributed by atoms with Crippen LogP contribution in [0, 0.1) is 0 Å². The zero-order chi connectivity index (χ0) is 50.1. The van der Waals surface area contributed by atoms with Crippen molar-refractivity contribution in [3.8, 4) is 55.6 Å². The number of benzene rings is 11. The molecule has 2 aliphatic carbocycles. The van der Waals surface area contributed by atoms with E-state index < -0.39 is 11.5 Å². The van der Waals surface area contributed by atoms with Crippen LogP contribution in [0.2, 0.25) is 0 Å². The van der Waals surface area contributed by atoms with Gasteiger partial charge in [0.05, 0.1) is 23.6 Å². The van der Waals surface area contributed by atoms with Crippen molar-refractivity contribution in [1.29, 1.82) is 0 Å². The lowest BCUT2D eigenvalue weighted by molar-refractivity contribution is 0.793. The molecule has 0 amide bonds. The Hall–Kier alpha value is -8.98. The molecule has 324 valence electrons. The van der Waals surface area contributed by atoms with Crippen LogP contribution in [0.1, 0.15) is 29.1 Å². The fourth-order valence-electron chi connectivity index (χ4n) is 11.1. The molecule has 0 radical (unpaired) electrons. The highest BCUT2D eigenvalue weighted by molar-refractivity contribution is 6.00. The number of hydrogen-bond acceptors (Lipinski definition) is 2. The zero-order valence-electron chi connectivity index (χ0n) is 42.6. The molecule has 13 rings (SSSR count). The van der Waals surface area contributed by atoms with E-state index in [1.54, 1.807) is 0 Å². The molecule has 0 saturated heterocycles. The Bertz CT molecular complexity index is 3890. The van der Waals surface area contributed by atoms with Gasteiger partial charge in [-0.1, -0.05) is 212 Å². The van der Waals surface area contributed by atoms with Crippen molar-refractivity contribution < 1.29 is 6.85 Å². The minimum atomic E-state index is -0.750. The Morgan fingerprint density at radius 2 is 0.710 bits per heavy atom. The summed E-state index contributed by atoms with van der Waals surface area (Å²) in [6, 6.07) is 85.7. The number of rotatable bonds is 9. The fourth-order valence-corrected chi connectivity index (χ4v) is 11.1. The van der Waals surface area contributed by atoms with E-state index in [0.29, 0.717) is 11.3 Å². The second-order valence-electron chi connectivity index (χ2n) is 17.6. The van der Waals surface area contributed by atoms with Crippen LogP contribution in [0.25, 0.3) is 55.6 Å². The highest BCUT2D eigenvalue weighted by Crippen LogP contribution is 2.64. The first-order valence-corrected chi connectivity index (χ1v) is 23.4. The maximum atomic E-state index is 9.30. The average molecular weight is 884 g/mol. The van der Waals surface area contributed by atoms with Crippen molar-refractivity contribution in [1.82, 2.24) is 0 Å². The van der Waals surface area contributed by atoms with Crippen molar-refractivity contribution in [2.45, 2.75) is 5.41 Å². The standard InChI is InChI=1S/C67H46N2/c1-6-22-47(23-7-1)50-38-43-66(60(44-50)49-26-10-3-11-27-49)69(65-37-21-18-32-55(65)48-24-8-2-9-25-48)54-40-42-59-57-34-17-20-36-62(57)67(64(59)46-54)61-35-19-16-33-56(61)58-41-39-53(45-63(58)67)68(51-28-12-4-13-29-51)52-30-14-5-15-31-52/h1-46H/i2D,8D,9D,24D,25D. The summed E-state index contributed by atoms with van der Waals surface area (Å²) < 4.78 is 44.8. The van der Waals surface area contributed by atoms with Crippen LogP contribution in [0.3, 0.4) is 0 Å². The molecule has 11 aromatic carbocycles. The third-order valence-electron chi connectivity index (χ3n) is 13.9. The lowest BCUT2D eigenvalue weighted by Gasteiger charge is -2.34. The lowest BCUT2D eigenvalue weighted by atomic mass is 9.70. The molecule has 0 saturated carbocycles. The van der Waals surface area contributed by atoms with Crippen molar-refractivity contribution >= 4 is 34.1 Å². The summed E-state index contributed by atoms with van der Waals surface area (Å²) in [7, 11) is 0. The van der Waals surface area contributed by atoms with Gasteiger partial charge in [0.2, 0.25) is 0 Å². The highest BCUT2D eigenvalue weighted by atomic mass is 15.2. The topological polar surface area (TPSA) is 6.48 Å². The van der Waals surface area contributed by atoms with Gasteiger partial charge >= 0.3 is 0 Å². The minimum absolute atomic E-state index is 0.136. The summed E-state index contributed by atoms with van der Waals surface area (Å²) >= 11 is 0. The highest BCUT2D eigenvalue weighted by Gasteiger charge is 2.52. The SMILES string of the molecule is [2H]c1c([2H])c([2H])c(-c2ccccc2N(c2ccc3c(c2)C2(c4ccccc4-c4ccc(N(c5ccccc5)c5ccccc5)cc42)c2ccccc2-3)c2ccc(-c3ccccc3)cc2-c2ccccc2)c([2H])c1[2H]. The van der Waals surface area contributed by atoms with Crippen molar-refractivity contribution in [3.05, 3.63) is 301 Å². The number of fused-ring (bicyclic) bond motifs is 10. The number of hydrogen-bond donors (Lipinski definition) is 0. The molecule has 0 fully saturated rings. The molecular weight excluding hydrogens is 833 g/mol. The normalized spacial score (nSPS) is 14.9. The van der Waals surface area contributed by atoms with E-state index in [1.165, 1.54) is 27.8 Å². The molecule has 2 aliphatic rings. The van der Waals surface area contributed by atoms with Crippen molar-refractivity contribution in [2.75, 3.05) is 9.80 Å². The Morgan fingerprint density at radius 1 is 0.261 bits per heavy atom. The third kappa shape index (κ3) is 6.56. The average Bonchev–Trinajstić information content (AvgIpc) is 3.93. The van der Waals surface area contributed by atoms with Crippen LogP contribution in [-0.4, -0.2) is 0 Å². The van der Waals surface area contributed by atoms with E-state index in [-0.39, 0.29) is 29.7 Å². The van der Waals surface area contributed by atoms with E-state index in [9.17, 15) is 2.74 Å². The molecule has 0 heterocycles. The smallest absolute Gasteiger partial charge is 0.0727 e. The molecule has 69 heavy (non-hydrogen) atoms. The largest absolute Gasteiger partial charge is 0.310 e. The Morgan fingerprint density at radius 3 is 1.29 bits per heavy atom. The van der Waals surface area contributed by atoms with Gasteiger partial charge in [-0.2, -0.15) is 0 Å². The molecule has 0 aliphatic heterocycles. The van der Waals surface area contributed by atoms with Gasteiger partial charge in [-0.3, -0.25) is 0 Å². The molecule has 0 bridgehead atoms. The van der Waals surface area contributed by atoms with Crippen molar-refractivity contribution in [2.24, 2.45) is 0 Å². The molecule has 2 heteroatoms. The van der Waals surface area contributed by atoms with Gasteiger partial charge in [-0.25, -0.2) is 0 Å². The summed E-state index contributed by atoms with van der Waals surface area (Å²) in [4.78, 5) is 4.56. The van der Waals surface area contributed by atoms with Crippen LogP contribution < -0.4 is 9.80 Å². The molecule has 1 spiro atoms. The van der Waals surface area contributed by atoms with Gasteiger partial charge in [-0.15, -0.1) is 0 Å². The molecule has 0 aromatic heterocycles. The third-order valence-corrected chi connectivity index (χ3v) is 13.9. The van der Waals surface area contributed by atoms with Crippen LogP contribution in [0.5, 0.6) is 0 Å². The monoisotopic (exact) mass is 883 g/mol. The lowest BCUT2D eigenvalue weighted by Crippen LogP contribution is -2.26. The van der Waals surface area contributed by atoms with Gasteiger partial charge in [0.1, 0.15) is 0 Å². The summed E-state index contributed by atoms with van der Waals surface area (Å²) in [6.07, 6.45) is 0. The molecule has 0 N–H and O–H groups in total. The summed E-state index contributed by atoms with van der Waals surface area (Å²) in [6.45, 7) is 0. The van der Waals surface area contributed by atoms with Crippen molar-refractivity contribution in [3.63, 3.8) is 0 Å². The summed E-state index contributed by atoms with van der Waals surface area (Å²) in [5.74, 6) is 0. The van der Waals surface area contributed by atoms with E-state index in [2.05, 4.69) is 222 Å². The number of para-hydroxylation sites is 3. The van der Waals surface area contributed by atoms with Crippen LogP contribution in [-0.2, 0) is 5.41 Å². The first-order chi connectivity index (χ1) is 36.3. The second-order valence-corrected chi connectivity index (χ2v) is 17.6. The van der Waals surface area contributed by atoms with E-state index in [1.807, 2.05) is 36.4 Å². The van der Waals surface area contributed by atoms with Gasteiger partial charge in [0, 0.05) is 33.9 Å². The minimum Gasteiger partial charge on any atom is -0.310 e. The van der Waals surface area contributed by atoms with Crippen LogP contribution in [0.15, 0.2) is 279 Å². The molecule has 1 unspecified atom stereocenters. The molecular formula is C67H46N2. The molecule has 1 atom stereocenters. The van der Waals surface area contributed by atoms with Crippen LogP contribution >= 0.6 is 0 Å². The van der Waals surface area contributed by atoms with Crippen LogP contribution in [0.4, 0.5) is 34.1 Å². The molecule has 2 nitrogen and oxygen atoms in total. The molecule has 11 aromatic rings. The van der Waals surface area contributed by atoms with Gasteiger partial charge in [-0.05, 0) is 133 Å². The quantitative estimate of drug-likeness (QED) is 0.142. The Kier molecular flexibility index (Phi) is 8.54. The summed E-state index contributed by atoms with van der Waals surface area (Å²) in [5.41, 5.74) is 18.8. The maximum absolute atomic E-state index is 9.30. The Labute approximate surface area is 411 Å². The second kappa shape index (κ2) is 16.7. The predicted octanol–water partition coefficient (Wildman–Crippen LogP) is 18.0. The van der Waals surface area contributed by atoms with E-state index in [4.69, 9.17) is 4.11 Å².